The number of carbonyl (C=O) groups excluding carboxylic acids is 5. The van der Waals surface area contributed by atoms with Gasteiger partial charge in [-0.1, -0.05) is 78.9 Å². The van der Waals surface area contributed by atoms with Gasteiger partial charge in [0.15, 0.2) is 28.8 Å². The molecule has 3 aliphatic heterocycles. The normalized spacial score (nSPS) is 14.7. The Morgan fingerprint density at radius 1 is 0.557 bits per heavy atom. The highest BCUT2D eigenvalue weighted by Gasteiger charge is 2.32. The molecule has 0 saturated carbocycles. The molecule has 12 rings (SSSR count). The van der Waals surface area contributed by atoms with E-state index in [2.05, 4.69) is 61.4 Å². The van der Waals surface area contributed by atoms with Gasteiger partial charge in [-0.05, 0) is 131 Å². The first kappa shape index (κ1) is 60.6. The summed E-state index contributed by atoms with van der Waals surface area (Å²) in [4.78, 5) is 96.4. The Labute approximate surface area is 517 Å². The zero-order chi connectivity index (χ0) is 61.2. The Balaban J connectivity index is 0.000000253. The predicted molar refractivity (Wildman–Crippen MR) is 350 cm³/mol. The molecule has 1 atom stereocenters. The number of nitrogen functional groups attached to an aromatic ring is 1. The van der Waals surface area contributed by atoms with Crippen molar-refractivity contribution >= 4 is 58.2 Å². The molecular weight excluding hydrogens is 1110 g/mol. The summed E-state index contributed by atoms with van der Waals surface area (Å²) >= 11 is 0. The molecule has 7 N–H and O–H groups in total. The minimum Gasteiger partial charge on any atom is -0.463 e. The number of hydrogen-bond donors (Lipinski definition) is 6. The number of carbonyl (C=O) groups is 5. The SMILES string of the molecule is CNc1ncc(-c2ccc(C(=O)N3CCCNCC3)cc2)nc1C(=O)Nc1ccccc1.Cc1ncc(-c2ccc(C(=O)N3CCC[C@@H]3CN3CCCC3)cc2)nc1C(=O)Nc1ccccc1.Nc1ncc(-c2ccco2)nc1C(=O)Nc1ccccc1.[HH].[HH].[HH].[HH].[HH]. The van der Waals surface area contributed by atoms with Crippen molar-refractivity contribution in [2.24, 2.45) is 0 Å². The van der Waals surface area contributed by atoms with Gasteiger partial charge in [-0.15, -0.1) is 0 Å². The van der Waals surface area contributed by atoms with E-state index in [-0.39, 0.29) is 53.7 Å². The van der Waals surface area contributed by atoms with Crippen molar-refractivity contribution < 1.29 is 35.5 Å². The van der Waals surface area contributed by atoms with Crippen LogP contribution in [-0.4, -0.2) is 140 Å². The first-order chi connectivity index (χ1) is 43.0. The monoisotopic (exact) mass is 1190 g/mol. The third-order valence-corrected chi connectivity index (χ3v) is 15.1. The van der Waals surface area contributed by atoms with Crippen molar-refractivity contribution in [1.82, 2.24) is 49.9 Å². The van der Waals surface area contributed by atoms with Crippen molar-refractivity contribution in [2.45, 2.75) is 45.1 Å². The molecule has 0 radical (unpaired) electrons. The first-order valence-corrected chi connectivity index (χ1v) is 29.4. The average molecular weight is 1190 g/mol. The quantitative estimate of drug-likeness (QED) is 0.0591. The summed E-state index contributed by atoms with van der Waals surface area (Å²) in [6.07, 6.45) is 11.9. The molecule has 9 aromatic rings. The van der Waals surface area contributed by atoms with E-state index in [9.17, 15) is 24.0 Å². The zero-order valence-corrected chi connectivity index (χ0v) is 49.1. The van der Waals surface area contributed by atoms with Gasteiger partial charge in [-0.3, -0.25) is 29.0 Å². The van der Waals surface area contributed by atoms with Crippen LogP contribution in [0.3, 0.4) is 0 Å². The topological polar surface area (TPSA) is 272 Å². The molecule has 4 aromatic heterocycles. The van der Waals surface area contributed by atoms with Crippen LogP contribution in [-0.2, 0) is 0 Å². The molecule has 3 fully saturated rings. The fourth-order valence-electron chi connectivity index (χ4n) is 10.4. The smallest absolute Gasteiger partial charge is 0.278 e. The molecule has 3 aliphatic rings. The molecule has 21 heteroatoms. The van der Waals surface area contributed by atoms with Crippen LogP contribution in [0.1, 0.15) is 97.1 Å². The first-order valence-electron chi connectivity index (χ1n) is 29.4. The van der Waals surface area contributed by atoms with Gasteiger partial charge in [0.25, 0.3) is 29.5 Å². The molecule has 88 heavy (non-hydrogen) atoms. The van der Waals surface area contributed by atoms with Gasteiger partial charge in [0, 0.05) is 92.3 Å². The number of aryl methyl sites for hydroxylation is 1. The molecule has 0 bridgehead atoms. The molecule has 458 valence electrons. The lowest BCUT2D eigenvalue weighted by Gasteiger charge is -2.28. The Bertz CT molecular complexity index is 3840. The standard InChI is InChI=1S/C28H31N5O2.C24H26N6O2.C15H12N4O2.5H2/c1-20-26(27(34)30-23-8-3-2-4-9-23)31-25(18-29-20)21-11-13-22(14-12-21)28(35)33-17-7-10-24(33)19-32-15-5-6-16-32;1-25-22-21(23(31)28-19-6-3-2-4-7-19)29-20(16-27-22)17-8-10-18(11-9-17)24(32)30-14-5-12-26-13-15-30;16-14-13(15(20)18-10-5-2-1-3-6-10)19-11(9-17-14)12-7-4-8-21-12;;;;;/h2-4,8-9,11-14,18,24H,5-7,10,15-17,19H2,1H3,(H,30,34);2-4,6-11,16,26H,5,12-15H2,1H3,(H,25,27)(H,28,31);1-9H,(H2,16,17)(H,18,20);5*1H/t24-;;;;;;;/m1......./s1. The molecular formula is C67H79N15O6. The number of hydrogen-bond acceptors (Lipinski definition) is 16. The molecule has 5 amide bonds. The maximum atomic E-state index is 13.3. The molecule has 0 spiro atoms. The van der Waals surface area contributed by atoms with Crippen LogP contribution >= 0.6 is 0 Å². The van der Waals surface area contributed by atoms with E-state index >= 15 is 0 Å². The third kappa shape index (κ3) is 15.7. The second-order valence-corrected chi connectivity index (χ2v) is 21.2. The number of nitrogens with one attached hydrogen (secondary N) is 5. The third-order valence-electron chi connectivity index (χ3n) is 15.1. The Morgan fingerprint density at radius 2 is 1.09 bits per heavy atom. The maximum absolute atomic E-state index is 13.3. The van der Waals surface area contributed by atoms with Crippen molar-refractivity contribution in [2.75, 3.05) is 86.4 Å². The summed E-state index contributed by atoms with van der Waals surface area (Å²) in [5.74, 6) is 0.0405. The molecule has 0 aliphatic carbocycles. The number of nitrogens with zero attached hydrogens (tertiary/aromatic N) is 9. The Morgan fingerprint density at radius 3 is 1.67 bits per heavy atom. The van der Waals surface area contributed by atoms with E-state index in [1.165, 1.54) is 25.3 Å². The van der Waals surface area contributed by atoms with Crippen LogP contribution in [0.25, 0.3) is 34.0 Å². The molecule has 7 heterocycles. The number of benzene rings is 5. The lowest BCUT2D eigenvalue weighted by molar-refractivity contribution is 0.0707. The van der Waals surface area contributed by atoms with Gasteiger partial charge in [-0.25, -0.2) is 24.9 Å². The summed E-state index contributed by atoms with van der Waals surface area (Å²) in [7, 11) is 1.70. The zero-order valence-electron chi connectivity index (χ0n) is 49.1. The largest absolute Gasteiger partial charge is 0.463 e. The van der Waals surface area contributed by atoms with Crippen molar-refractivity contribution in [3.05, 3.63) is 210 Å². The van der Waals surface area contributed by atoms with Crippen molar-refractivity contribution in [3.63, 3.8) is 0 Å². The lowest BCUT2D eigenvalue weighted by atomic mass is 10.1. The summed E-state index contributed by atoms with van der Waals surface area (Å²) in [5, 5.41) is 14.7. The van der Waals surface area contributed by atoms with Crippen LogP contribution in [0, 0.1) is 6.92 Å². The van der Waals surface area contributed by atoms with E-state index in [1.807, 2.05) is 125 Å². The molecule has 5 aromatic carbocycles. The van der Waals surface area contributed by atoms with Crippen molar-refractivity contribution in [3.8, 4) is 34.0 Å². The van der Waals surface area contributed by atoms with E-state index in [0.717, 1.165) is 76.2 Å². The number of anilines is 5. The summed E-state index contributed by atoms with van der Waals surface area (Å²) in [6, 6.07) is 46.1. The molecule has 3 saturated heterocycles. The number of likely N-dealkylation sites (tertiary alicyclic amines) is 2. The van der Waals surface area contributed by atoms with Crippen LogP contribution in [0.5, 0.6) is 0 Å². The predicted octanol–water partition coefficient (Wildman–Crippen LogP) is 11.1. The average Bonchev–Trinajstić information content (AvgIpc) is 1.21. The highest BCUT2D eigenvalue weighted by Crippen LogP contribution is 2.27. The fourth-order valence-corrected chi connectivity index (χ4v) is 10.4. The van der Waals surface area contributed by atoms with Gasteiger partial charge in [0.05, 0.1) is 41.9 Å². The minimum absolute atomic E-state index is 0. The highest BCUT2D eigenvalue weighted by atomic mass is 16.3. The minimum atomic E-state index is -0.417. The molecule has 0 unspecified atom stereocenters. The molecule has 21 nitrogen and oxygen atoms in total. The van der Waals surface area contributed by atoms with E-state index in [1.54, 1.807) is 62.8 Å². The van der Waals surface area contributed by atoms with E-state index in [0.29, 0.717) is 75.1 Å². The maximum Gasteiger partial charge on any atom is 0.278 e. The van der Waals surface area contributed by atoms with Gasteiger partial charge in [-0.2, -0.15) is 0 Å². The number of amides is 5. The Hall–Kier alpha value is -10.5. The number of furan rings is 1. The van der Waals surface area contributed by atoms with E-state index < -0.39 is 5.91 Å². The Kier molecular flexibility index (Phi) is 20.3. The van der Waals surface area contributed by atoms with E-state index in [4.69, 9.17) is 10.2 Å². The summed E-state index contributed by atoms with van der Waals surface area (Å²) < 4.78 is 5.24. The van der Waals surface area contributed by atoms with Gasteiger partial charge in [0.2, 0.25) is 0 Å². The fraction of sp³-hybridized carbons (Fsp3) is 0.239. The number of nitrogens with two attached hydrogens (primary N) is 1. The number of rotatable bonds is 14. The van der Waals surface area contributed by atoms with Crippen LogP contribution in [0.4, 0.5) is 28.7 Å². The van der Waals surface area contributed by atoms with Crippen molar-refractivity contribution in [1.29, 1.82) is 0 Å². The number of para-hydroxylation sites is 3. The van der Waals surface area contributed by atoms with Crippen LogP contribution in [0.2, 0.25) is 0 Å². The summed E-state index contributed by atoms with van der Waals surface area (Å²) in [6.45, 7) is 9.08. The lowest BCUT2D eigenvalue weighted by Crippen LogP contribution is -2.42. The summed E-state index contributed by atoms with van der Waals surface area (Å²) in [5.41, 5.74) is 13.4. The highest BCUT2D eigenvalue weighted by molar-refractivity contribution is 6.07. The van der Waals surface area contributed by atoms with Crippen LogP contribution < -0.4 is 32.3 Å². The second kappa shape index (κ2) is 29.5. The van der Waals surface area contributed by atoms with Gasteiger partial charge >= 0.3 is 0 Å². The van der Waals surface area contributed by atoms with Gasteiger partial charge in [0.1, 0.15) is 11.4 Å². The second-order valence-electron chi connectivity index (χ2n) is 21.2. The number of aromatic nitrogens is 6. The van der Waals surface area contributed by atoms with Crippen LogP contribution in [0.15, 0.2) is 181 Å². The van der Waals surface area contributed by atoms with Gasteiger partial charge < -0.3 is 51.4 Å².